The predicted octanol–water partition coefficient (Wildman–Crippen LogP) is 1.71. The van der Waals surface area contributed by atoms with Crippen molar-refractivity contribution in [3.63, 3.8) is 0 Å². The van der Waals surface area contributed by atoms with Gasteiger partial charge in [0.15, 0.2) is 0 Å². The van der Waals surface area contributed by atoms with E-state index in [-0.39, 0.29) is 5.41 Å². The van der Waals surface area contributed by atoms with Gasteiger partial charge in [-0.15, -0.1) is 0 Å². The first-order chi connectivity index (χ1) is 7.97. The minimum Gasteiger partial charge on any atom is -0.465 e. The van der Waals surface area contributed by atoms with Crippen molar-refractivity contribution in [3.8, 4) is 6.07 Å². The van der Waals surface area contributed by atoms with E-state index in [0.717, 1.165) is 12.8 Å². The van der Waals surface area contributed by atoms with Crippen LogP contribution in [0.1, 0.15) is 37.0 Å². The summed E-state index contributed by atoms with van der Waals surface area (Å²) in [5, 5.41) is 13.4. The fourth-order valence-corrected chi connectivity index (χ4v) is 2.06. The topological polar surface area (TPSA) is 67.9 Å². The minimum absolute atomic E-state index is 0.355. The molecule has 0 N–H and O–H groups in total. The van der Waals surface area contributed by atoms with Crippen LogP contribution in [-0.4, -0.2) is 22.9 Å². The Bertz CT molecular complexity index is 492. The van der Waals surface area contributed by atoms with Crippen LogP contribution in [0.15, 0.2) is 12.4 Å². The largest absolute Gasteiger partial charge is 0.465 e. The van der Waals surface area contributed by atoms with E-state index in [4.69, 9.17) is 0 Å². The molecule has 1 aliphatic carbocycles. The normalized spacial score (nSPS) is 17.3. The van der Waals surface area contributed by atoms with Crippen molar-refractivity contribution >= 4 is 5.97 Å². The average molecular weight is 233 g/mol. The highest BCUT2D eigenvalue weighted by molar-refractivity contribution is 5.88. The molecular weight excluding hydrogens is 218 g/mol. The molecule has 1 saturated carbocycles. The summed E-state index contributed by atoms with van der Waals surface area (Å²) in [6.45, 7) is 3.94. The maximum Gasteiger partial charge on any atom is 0.341 e. The summed E-state index contributed by atoms with van der Waals surface area (Å²) in [4.78, 5) is 11.3. The van der Waals surface area contributed by atoms with Crippen LogP contribution in [0.5, 0.6) is 0 Å². The van der Waals surface area contributed by atoms with Gasteiger partial charge in [-0.25, -0.2) is 4.79 Å². The van der Waals surface area contributed by atoms with Crippen molar-refractivity contribution in [3.05, 3.63) is 18.0 Å². The van der Waals surface area contributed by atoms with E-state index in [1.54, 1.807) is 10.9 Å². The predicted molar refractivity (Wildman–Crippen MR) is 60.2 cm³/mol. The highest BCUT2D eigenvalue weighted by Gasteiger charge is 2.56. The second-order valence-electron chi connectivity index (χ2n) is 4.92. The van der Waals surface area contributed by atoms with E-state index in [1.165, 1.54) is 13.3 Å². The Labute approximate surface area is 100.0 Å². The summed E-state index contributed by atoms with van der Waals surface area (Å²) in [5.41, 5.74) is -0.352. The number of hydrogen-bond acceptors (Lipinski definition) is 4. The molecule has 5 nitrogen and oxygen atoms in total. The van der Waals surface area contributed by atoms with Gasteiger partial charge in [0.2, 0.25) is 0 Å². The molecule has 0 radical (unpaired) electrons. The van der Waals surface area contributed by atoms with Gasteiger partial charge in [-0.05, 0) is 26.7 Å². The van der Waals surface area contributed by atoms with Gasteiger partial charge in [0.1, 0.15) is 0 Å². The molecule has 1 aromatic heterocycles. The van der Waals surface area contributed by atoms with Crippen molar-refractivity contribution < 1.29 is 9.53 Å². The first-order valence-corrected chi connectivity index (χ1v) is 5.51. The van der Waals surface area contributed by atoms with Crippen LogP contribution < -0.4 is 0 Å². The zero-order valence-electron chi connectivity index (χ0n) is 10.2. The molecule has 17 heavy (non-hydrogen) atoms. The van der Waals surface area contributed by atoms with Crippen molar-refractivity contribution in [1.82, 2.24) is 9.78 Å². The Morgan fingerprint density at radius 3 is 2.76 bits per heavy atom. The SMILES string of the molecule is COC(=O)c1cnn(C(C)(C)C2(C#N)CC2)c1. The fourth-order valence-electron chi connectivity index (χ4n) is 2.06. The standard InChI is InChI=1S/C12H15N3O2/c1-11(2,12(8-13)4-5-12)15-7-9(6-14-15)10(16)17-3/h6-7H,4-5H2,1-3H3. The molecule has 2 rings (SSSR count). The summed E-state index contributed by atoms with van der Waals surface area (Å²) in [7, 11) is 1.34. The Morgan fingerprint density at radius 2 is 2.29 bits per heavy atom. The van der Waals surface area contributed by atoms with Crippen LogP contribution in [0, 0.1) is 16.7 Å². The van der Waals surface area contributed by atoms with E-state index in [1.807, 2.05) is 13.8 Å². The molecule has 1 fully saturated rings. The number of ether oxygens (including phenoxy) is 1. The summed E-state index contributed by atoms with van der Waals surface area (Å²) in [6, 6.07) is 2.37. The Morgan fingerprint density at radius 1 is 1.65 bits per heavy atom. The molecule has 1 aliphatic rings. The van der Waals surface area contributed by atoms with Gasteiger partial charge in [-0.1, -0.05) is 0 Å². The summed E-state index contributed by atoms with van der Waals surface area (Å²) in [5.74, 6) is -0.408. The number of nitrogens with zero attached hydrogens (tertiary/aromatic N) is 3. The lowest BCUT2D eigenvalue weighted by Gasteiger charge is -2.30. The third-order valence-corrected chi connectivity index (χ3v) is 3.71. The lowest BCUT2D eigenvalue weighted by atomic mass is 9.85. The van der Waals surface area contributed by atoms with E-state index >= 15 is 0 Å². The molecule has 5 heteroatoms. The van der Waals surface area contributed by atoms with Gasteiger partial charge in [0.25, 0.3) is 0 Å². The number of hydrogen-bond donors (Lipinski definition) is 0. The quantitative estimate of drug-likeness (QED) is 0.745. The molecule has 0 atom stereocenters. The fraction of sp³-hybridized carbons (Fsp3) is 0.583. The van der Waals surface area contributed by atoms with Gasteiger partial charge in [0.05, 0.1) is 35.9 Å². The van der Waals surface area contributed by atoms with E-state index < -0.39 is 11.5 Å². The number of carbonyl (C=O) groups excluding carboxylic acids is 1. The van der Waals surface area contributed by atoms with Crippen molar-refractivity contribution in [1.29, 1.82) is 5.26 Å². The van der Waals surface area contributed by atoms with Crippen molar-refractivity contribution in [2.75, 3.05) is 7.11 Å². The van der Waals surface area contributed by atoms with Crippen LogP contribution >= 0.6 is 0 Å². The van der Waals surface area contributed by atoms with Gasteiger partial charge < -0.3 is 4.74 Å². The van der Waals surface area contributed by atoms with E-state index in [9.17, 15) is 10.1 Å². The van der Waals surface area contributed by atoms with Crippen LogP contribution in [0.2, 0.25) is 0 Å². The Balaban J connectivity index is 2.32. The smallest absolute Gasteiger partial charge is 0.341 e. The van der Waals surface area contributed by atoms with Crippen molar-refractivity contribution in [2.45, 2.75) is 32.2 Å². The molecule has 1 heterocycles. The molecule has 0 unspecified atom stereocenters. The van der Waals surface area contributed by atoms with Gasteiger partial charge in [0, 0.05) is 6.20 Å². The number of methoxy groups -OCH3 is 1. The number of rotatable bonds is 3. The lowest BCUT2D eigenvalue weighted by molar-refractivity contribution is 0.0600. The van der Waals surface area contributed by atoms with Crippen LogP contribution in [0.3, 0.4) is 0 Å². The number of esters is 1. The third kappa shape index (κ3) is 1.60. The first kappa shape index (κ1) is 11.6. The third-order valence-electron chi connectivity index (χ3n) is 3.71. The van der Waals surface area contributed by atoms with Crippen molar-refractivity contribution in [2.24, 2.45) is 5.41 Å². The molecule has 0 bridgehead atoms. The lowest BCUT2D eigenvalue weighted by Crippen LogP contribution is -2.36. The molecule has 0 amide bonds. The average Bonchev–Trinajstić information content (AvgIpc) is 2.98. The number of aromatic nitrogens is 2. The highest BCUT2D eigenvalue weighted by Crippen LogP contribution is 2.56. The molecule has 0 aliphatic heterocycles. The second-order valence-corrected chi connectivity index (χ2v) is 4.92. The number of carbonyl (C=O) groups is 1. The zero-order valence-corrected chi connectivity index (χ0v) is 10.2. The molecule has 0 aromatic carbocycles. The monoisotopic (exact) mass is 233 g/mol. The highest BCUT2D eigenvalue weighted by atomic mass is 16.5. The molecule has 90 valence electrons. The summed E-state index contributed by atoms with van der Waals surface area (Å²) >= 11 is 0. The van der Waals surface area contributed by atoms with Crippen LogP contribution in [0.25, 0.3) is 0 Å². The molecular formula is C12H15N3O2. The van der Waals surface area contributed by atoms with Gasteiger partial charge >= 0.3 is 5.97 Å². The maximum absolute atomic E-state index is 11.3. The molecule has 1 aromatic rings. The minimum atomic E-state index is -0.409. The number of nitriles is 1. The van der Waals surface area contributed by atoms with E-state index in [2.05, 4.69) is 15.9 Å². The first-order valence-electron chi connectivity index (χ1n) is 5.51. The zero-order chi connectivity index (χ0) is 12.7. The van der Waals surface area contributed by atoms with Crippen LogP contribution in [-0.2, 0) is 10.3 Å². The van der Waals surface area contributed by atoms with Gasteiger partial charge in [-0.3, -0.25) is 4.68 Å². The Hall–Kier alpha value is -1.83. The summed E-state index contributed by atoms with van der Waals surface area (Å²) < 4.78 is 6.32. The second kappa shape index (κ2) is 3.59. The molecule has 0 saturated heterocycles. The van der Waals surface area contributed by atoms with Gasteiger partial charge in [-0.2, -0.15) is 10.4 Å². The Kier molecular flexibility index (Phi) is 2.46. The maximum atomic E-state index is 11.3. The van der Waals surface area contributed by atoms with Crippen LogP contribution in [0.4, 0.5) is 0 Å². The molecule has 0 spiro atoms. The summed E-state index contributed by atoms with van der Waals surface area (Å²) in [6.07, 6.45) is 4.87. The van der Waals surface area contributed by atoms with E-state index in [0.29, 0.717) is 5.56 Å².